The lowest BCUT2D eigenvalue weighted by Crippen LogP contribution is -2.29. The van der Waals surface area contributed by atoms with Crippen LogP contribution in [0, 0.1) is 10.8 Å². The second kappa shape index (κ2) is 22.6. The SMILES string of the molecule is C=C(C)C(=O)O.C=C(C)C(=O)O.C=C(C)C(=O)O.CC(C)(CO)CO.CC(CO)(CO)CO. The standard InChI is InChI=1S/C5H12O3.C5H12O2.3C4H6O2/c1-5(2-6,3-7)4-8;1-5(2,3-6)4-7;3*1-3(2)4(5)6/h6-8H,2-4H2,1H3;6-7H,3-4H2,1-2H3;3*1H2,2H3,(H,5,6). The van der Waals surface area contributed by atoms with Crippen LogP contribution in [0.15, 0.2) is 36.5 Å². The predicted molar refractivity (Wildman–Crippen MR) is 125 cm³/mol. The van der Waals surface area contributed by atoms with E-state index in [4.69, 9.17) is 40.9 Å². The van der Waals surface area contributed by atoms with Gasteiger partial charge in [0.15, 0.2) is 0 Å². The number of carbonyl (C=O) groups is 3. The Morgan fingerprint density at radius 1 is 0.545 bits per heavy atom. The molecule has 0 aliphatic carbocycles. The van der Waals surface area contributed by atoms with Crippen molar-refractivity contribution < 1.29 is 55.2 Å². The van der Waals surface area contributed by atoms with E-state index in [1.165, 1.54) is 20.8 Å². The van der Waals surface area contributed by atoms with E-state index in [-0.39, 0.29) is 55.2 Å². The fraction of sp³-hybridized carbons (Fsp3) is 0.591. The minimum absolute atomic E-state index is 0.0451. The smallest absolute Gasteiger partial charge is 0.330 e. The summed E-state index contributed by atoms with van der Waals surface area (Å²) in [6, 6.07) is 0. The van der Waals surface area contributed by atoms with Gasteiger partial charge in [0, 0.05) is 27.5 Å². The molecule has 0 spiro atoms. The number of hydrogen-bond acceptors (Lipinski definition) is 8. The number of aliphatic carboxylic acids is 3. The highest BCUT2D eigenvalue weighted by Crippen LogP contribution is 2.11. The van der Waals surface area contributed by atoms with Gasteiger partial charge in [-0.2, -0.15) is 0 Å². The molecule has 0 amide bonds. The molecule has 196 valence electrons. The third-order valence-electron chi connectivity index (χ3n) is 3.10. The molecule has 11 heteroatoms. The lowest BCUT2D eigenvalue weighted by atomic mass is 9.95. The van der Waals surface area contributed by atoms with Crippen LogP contribution in [-0.2, 0) is 14.4 Å². The molecule has 33 heavy (non-hydrogen) atoms. The zero-order valence-electron chi connectivity index (χ0n) is 20.5. The van der Waals surface area contributed by atoms with E-state index in [0.29, 0.717) is 0 Å². The van der Waals surface area contributed by atoms with Crippen LogP contribution in [0.4, 0.5) is 0 Å². The summed E-state index contributed by atoms with van der Waals surface area (Å²) in [6.07, 6.45) is 0. The van der Waals surface area contributed by atoms with Crippen molar-refractivity contribution in [1.29, 1.82) is 0 Å². The van der Waals surface area contributed by atoms with E-state index in [0.717, 1.165) is 0 Å². The maximum Gasteiger partial charge on any atom is 0.330 e. The minimum Gasteiger partial charge on any atom is -0.478 e. The number of aliphatic hydroxyl groups is 5. The van der Waals surface area contributed by atoms with E-state index in [9.17, 15) is 14.4 Å². The van der Waals surface area contributed by atoms with Crippen LogP contribution in [0.25, 0.3) is 0 Å². The summed E-state index contributed by atoms with van der Waals surface area (Å²) in [5.74, 6) is -2.81. The van der Waals surface area contributed by atoms with Gasteiger partial charge in [0.05, 0.1) is 33.0 Å². The number of aliphatic hydroxyl groups excluding tert-OH is 5. The quantitative estimate of drug-likeness (QED) is 0.228. The third-order valence-corrected chi connectivity index (χ3v) is 3.10. The number of hydrogen-bond donors (Lipinski definition) is 8. The first-order valence-electron chi connectivity index (χ1n) is 9.44. The molecule has 0 atom stereocenters. The van der Waals surface area contributed by atoms with Crippen molar-refractivity contribution in [3.05, 3.63) is 36.5 Å². The Balaban J connectivity index is -0.0000000995. The van der Waals surface area contributed by atoms with Crippen LogP contribution in [0.2, 0.25) is 0 Å². The first-order valence-corrected chi connectivity index (χ1v) is 9.44. The molecule has 0 heterocycles. The summed E-state index contributed by atoms with van der Waals surface area (Å²) in [5.41, 5.74) is -0.486. The molecule has 0 rings (SSSR count). The molecule has 0 aromatic carbocycles. The average Bonchev–Trinajstić information content (AvgIpc) is 2.74. The zero-order valence-corrected chi connectivity index (χ0v) is 20.5. The summed E-state index contributed by atoms with van der Waals surface area (Å²) in [7, 11) is 0. The summed E-state index contributed by atoms with van der Waals surface area (Å²) < 4.78 is 0. The monoisotopic (exact) mass is 482 g/mol. The summed E-state index contributed by atoms with van der Waals surface area (Å²) in [5, 5.41) is 65.9. The molecule has 0 aliphatic heterocycles. The lowest BCUT2D eigenvalue weighted by Gasteiger charge is -2.20. The molecule has 8 N–H and O–H groups in total. The summed E-state index contributed by atoms with van der Waals surface area (Å²) >= 11 is 0. The van der Waals surface area contributed by atoms with E-state index in [2.05, 4.69) is 19.7 Å². The van der Waals surface area contributed by atoms with Gasteiger partial charge in [0.25, 0.3) is 0 Å². The van der Waals surface area contributed by atoms with E-state index in [1.54, 1.807) is 20.8 Å². The van der Waals surface area contributed by atoms with Gasteiger partial charge in [-0.15, -0.1) is 0 Å². The normalized spacial score (nSPS) is 9.55. The Morgan fingerprint density at radius 2 is 0.697 bits per heavy atom. The van der Waals surface area contributed by atoms with Gasteiger partial charge in [-0.05, 0) is 20.8 Å². The molecule has 0 saturated carbocycles. The van der Waals surface area contributed by atoms with Crippen molar-refractivity contribution in [3.63, 3.8) is 0 Å². The Bertz CT molecular complexity index is 496. The molecule has 0 fully saturated rings. The van der Waals surface area contributed by atoms with Crippen molar-refractivity contribution in [2.45, 2.75) is 41.5 Å². The van der Waals surface area contributed by atoms with Crippen molar-refractivity contribution in [2.75, 3.05) is 33.0 Å². The molecule has 0 aromatic rings. The largest absolute Gasteiger partial charge is 0.478 e. The zero-order chi connectivity index (χ0) is 28.0. The first kappa shape index (κ1) is 40.8. The van der Waals surface area contributed by atoms with Crippen LogP contribution < -0.4 is 0 Å². The van der Waals surface area contributed by atoms with Gasteiger partial charge in [-0.3, -0.25) is 0 Å². The molecule has 0 unspecified atom stereocenters. The summed E-state index contributed by atoms with van der Waals surface area (Å²) in [4.78, 5) is 28.8. The summed E-state index contributed by atoms with van der Waals surface area (Å²) in [6.45, 7) is 18.6. The highest BCUT2D eigenvalue weighted by molar-refractivity contribution is 5.85. The van der Waals surface area contributed by atoms with Gasteiger partial charge in [-0.25, -0.2) is 14.4 Å². The Kier molecular flexibility index (Phi) is 27.9. The van der Waals surface area contributed by atoms with Crippen molar-refractivity contribution in [1.82, 2.24) is 0 Å². The molecule has 0 aliphatic rings. The Hall–Kier alpha value is -2.57. The number of carboxylic acid groups (broad SMARTS) is 3. The molecule has 0 saturated heterocycles. The highest BCUT2D eigenvalue weighted by atomic mass is 16.4. The highest BCUT2D eigenvalue weighted by Gasteiger charge is 2.20. The van der Waals surface area contributed by atoms with Crippen LogP contribution in [0.3, 0.4) is 0 Å². The van der Waals surface area contributed by atoms with Gasteiger partial charge < -0.3 is 40.9 Å². The van der Waals surface area contributed by atoms with Gasteiger partial charge >= 0.3 is 17.9 Å². The van der Waals surface area contributed by atoms with E-state index in [1.807, 2.05) is 0 Å². The van der Waals surface area contributed by atoms with Crippen LogP contribution in [0.1, 0.15) is 41.5 Å². The molecular weight excluding hydrogens is 440 g/mol. The van der Waals surface area contributed by atoms with Gasteiger partial charge in [0.1, 0.15) is 0 Å². The van der Waals surface area contributed by atoms with E-state index < -0.39 is 23.3 Å². The maximum atomic E-state index is 9.60. The third kappa shape index (κ3) is 37.1. The molecule has 0 bridgehead atoms. The molecule has 0 aromatic heterocycles. The molecule has 0 radical (unpaired) electrons. The van der Waals surface area contributed by atoms with Crippen molar-refractivity contribution in [2.24, 2.45) is 10.8 Å². The minimum atomic E-state index is -0.935. The van der Waals surface area contributed by atoms with Crippen molar-refractivity contribution >= 4 is 17.9 Å². The van der Waals surface area contributed by atoms with Gasteiger partial charge in [0.2, 0.25) is 0 Å². The fourth-order valence-corrected chi connectivity index (χ4v) is 0.200. The topological polar surface area (TPSA) is 213 Å². The van der Waals surface area contributed by atoms with Gasteiger partial charge in [-0.1, -0.05) is 40.5 Å². The second-order valence-electron chi connectivity index (χ2n) is 8.02. The van der Waals surface area contributed by atoms with Crippen molar-refractivity contribution in [3.8, 4) is 0 Å². The lowest BCUT2D eigenvalue weighted by molar-refractivity contribution is -0.133. The van der Waals surface area contributed by atoms with Crippen LogP contribution in [0.5, 0.6) is 0 Å². The maximum absolute atomic E-state index is 9.60. The number of rotatable bonds is 8. The molecular formula is C22H42O11. The fourth-order valence-electron chi connectivity index (χ4n) is 0.200. The second-order valence-corrected chi connectivity index (χ2v) is 8.02. The predicted octanol–water partition coefficient (Wildman–Crippen LogP) is 0.908. The van der Waals surface area contributed by atoms with E-state index >= 15 is 0 Å². The Morgan fingerprint density at radius 3 is 0.697 bits per heavy atom. The average molecular weight is 483 g/mol. The number of carboxylic acids is 3. The first-order chi connectivity index (χ1) is 14.7. The van der Waals surface area contributed by atoms with Crippen LogP contribution >= 0.6 is 0 Å². The Labute approximate surface area is 195 Å². The molecule has 11 nitrogen and oxygen atoms in total. The van der Waals surface area contributed by atoms with Crippen LogP contribution in [-0.4, -0.2) is 91.8 Å².